The first-order chi connectivity index (χ1) is 12.0. The molecule has 7 heteroatoms. The van der Waals surface area contributed by atoms with Crippen LogP contribution in [0.3, 0.4) is 0 Å². The quantitative estimate of drug-likeness (QED) is 0.673. The summed E-state index contributed by atoms with van der Waals surface area (Å²) in [7, 11) is 2.95. The van der Waals surface area contributed by atoms with Crippen molar-refractivity contribution in [1.82, 2.24) is 0 Å². The Balaban J connectivity index is 0.00000243. The summed E-state index contributed by atoms with van der Waals surface area (Å²) in [4.78, 5) is 12.6. The second-order valence-corrected chi connectivity index (χ2v) is 5.76. The van der Waals surface area contributed by atoms with Gasteiger partial charge in [-0.05, 0) is 22.9 Å². The van der Waals surface area contributed by atoms with E-state index >= 15 is 0 Å². The third kappa shape index (κ3) is 4.07. The molecule has 3 aromatic rings. The van der Waals surface area contributed by atoms with Crippen LogP contribution in [-0.2, 0) is 0 Å². The number of carbonyl (C=O) groups excluding carboxylic acids is 1. The smallest absolute Gasteiger partial charge is 0.507 e. The van der Waals surface area contributed by atoms with Gasteiger partial charge in [-0.25, -0.2) is 0 Å². The van der Waals surface area contributed by atoms with Crippen molar-refractivity contribution in [2.45, 2.75) is 0 Å². The number of hydrogen-bond donors (Lipinski definition) is 2. The van der Waals surface area contributed by atoms with Gasteiger partial charge in [0.25, 0.3) is 5.91 Å². The number of phenols is 1. The normalized spacial score (nSPS) is 10.1. The number of nitrogens with one attached hydrogen (secondary N) is 1. The minimum absolute atomic E-state index is 0. The Morgan fingerprint density at radius 3 is 2.23 bits per heavy atom. The van der Waals surface area contributed by atoms with Crippen molar-refractivity contribution in [3.05, 3.63) is 59.1 Å². The van der Waals surface area contributed by atoms with Gasteiger partial charge >= 0.3 is 29.6 Å². The summed E-state index contributed by atoms with van der Waals surface area (Å²) in [5.74, 6) is 0.224. The standard InChI is InChI=1S/C19H16ClNO4.Na/c1-24-17-10-15(18(25-2)9-14(17)20)21-19(23)13-7-11-5-3-4-6-12(11)8-16(13)22;/h3-10,22H,1-2H3,(H,21,23);/q;+1. The van der Waals surface area contributed by atoms with E-state index in [-0.39, 0.29) is 40.9 Å². The predicted molar refractivity (Wildman–Crippen MR) is 98.1 cm³/mol. The molecule has 0 bridgehead atoms. The van der Waals surface area contributed by atoms with E-state index in [2.05, 4.69) is 5.32 Å². The number of methoxy groups -OCH3 is 2. The molecule has 0 radical (unpaired) electrons. The van der Waals surface area contributed by atoms with Crippen molar-refractivity contribution in [2.24, 2.45) is 0 Å². The molecule has 0 aliphatic heterocycles. The zero-order chi connectivity index (χ0) is 18.0. The molecule has 1 amide bonds. The van der Waals surface area contributed by atoms with Crippen LogP contribution in [0.2, 0.25) is 5.02 Å². The minimum Gasteiger partial charge on any atom is -0.507 e. The van der Waals surface area contributed by atoms with Gasteiger partial charge in [0.05, 0.1) is 30.5 Å². The largest absolute Gasteiger partial charge is 1.00 e. The van der Waals surface area contributed by atoms with Crippen LogP contribution in [0.5, 0.6) is 17.2 Å². The number of benzene rings is 3. The Morgan fingerprint density at radius 2 is 1.62 bits per heavy atom. The van der Waals surface area contributed by atoms with E-state index in [9.17, 15) is 9.90 Å². The van der Waals surface area contributed by atoms with Crippen LogP contribution in [0.25, 0.3) is 10.8 Å². The Kier molecular flexibility index (Phi) is 6.78. The van der Waals surface area contributed by atoms with E-state index in [0.29, 0.717) is 22.2 Å². The van der Waals surface area contributed by atoms with Crippen molar-refractivity contribution in [1.29, 1.82) is 0 Å². The maximum atomic E-state index is 12.6. The molecule has 0 aliphatic carbocycles. The molecule has 0 fully saturated rings. The van der Waals surface area contributed by atoms with Crippen LogP contribution in [0, 0.1) is 0 Å². The Morgan fingerprint density at radius 1 is 1.00 bits per heavy atom. The topological polar surface area (TPSA) is 67.8 Å². The van der Waals surface area contributed by atoms with Gasteiger partial charge in [-0.3, -0.25) is 4.79 Å². The second kappa shape index (κ2) is 8.64. The molecule has 0 saturated carbocycles. The predicted octanol–water partition coefficient (Wildman–Crippen LogP) is 1.47. The molecule has 26 heavy (non-hydrogen) atoms. The maximum absolute atomic E-state index is 12.6. The van der Waals surface area contributed by atoms with Gasteiger partial charge in [-0.1, -0.05) is 35.9 Å². The third-order valence-corrected chi connectivity index (χ3v) is 4.13. The van der Waals surface area contributed by atoms with Gasteiger partial charge in [-0.2, -0.15) is 0 Å². The van der Waals surface area contributed by atoms with E-state index in [4.69, 9.17) is 21.1 Å². The van der Waals surface area contributed by atoms with E-state index in [1.165, 1.54) is 14.2 Å². The average molecular weight is 381 g/mol. The van der Waals surface area contributed by atoms with Gasteiger partial charge in [0.1, 0.15) is 17.2 Å². The van der Waals surface area contributed by atoms with E-state index in [1.54, 1.807) is 24.3 Å². The maximum Gasteiger partial charge on any atom is 1.00 e. The van der Waals surface area contributed by atoms with Crippen molar-refractivity contribution in [3.8, 4) is 17.2 Å². The molecule has 2 N–H and O–H groups in total. The molecular formula is C19H16ClNNaO4+. The zero-order valence-corrected chi connectivity index (χ0v) is 17.4. The Bertz CT molecular complexity index is 962. The summed E-state index contributed by atoms with van der Waals surface area (Å²) >= 11 is 6.07. The number of halogens is 1. The van der Waals surface area contributed by atoms with E-state index in [1.807, 2.05) is 24.3 Å². The molecule has 0 heterocycles. The zero-order valence-electron chi connectivity index (χ0n) is 14.7. The van der Waals surface area contributed by atoms with Gasteiger partial charge in [0.2, 0.25) is 0 Å². The molecule has 5 nitrogen and oxygen atoms in total. The summed E-state index contributed by atoms with van der Waals surface area (Å²) in [6, 6.07) is 13.8. The monoisotopic (exact) mass is 380 g/mol. The number of rotatable bonds is 4. The minimum atomic E-state index is -0.467. The number of amides is 1. The molecule has 0 spiro atoms. The average Bonchev–Trinajstić information content (AvgIpc) is 2.62. The van der Waals surface area contributed by atoms with Crippen molar-refractivity contribution >= 4 is 34.0 Å². The van der Waals surface area contributed by atoms with E-state index < -0.39 is 5.91 Å². The number of aromatic hydroxyl groups is 1. The summed E-state index contributed by atoms with van der Waals surface area (Å²) in [6.45, 7) is 0. The van der Waals surface area contributed by atoms with Crippen LogP contribution in [0.15, 0.2) is 48.5 Å². The first kappa shape index (κ1) is 20.4. The van der Waals surface area contributed by atoms with Crippen molar-refractivity contribution in [2.75, 3.05) is 19.5 Å². The molecule has 128 valence electrons. The Labute approximate surface area is 178 Å². The molecular weight excluding hydrogens is 365 g/mol. The van der Waals surface area contributed by atoms with Gasteiger partial charge in [0.15, 0.2) is 0 Å². The molecule has 0 atom stereocenters. The van der Waals surface area contributed by atoms with E-state index in [0.717, 1.165) is 10.8 Å². The fourth-order valence-electron chi connectivity index (χ4n) is 2.56. The molecule has 0 aromatic heterocycles. The first-order valence-electron chi connectivity index (χ1n) is 7.48. The van der Waals surface area contributed by atoms with Crippen LogP contribution in [0.1, 0.15) is 10.4 Å². The van der Waals surface area contributed by atoms with Crippen molar-refractivity contribution in [3.63, 3.8) is 0 Å². The first-order valence-corrected chi connectivity index (χ1v) is 7.86. The fourth-order valence-corrected chi connectivity index (χ4v) is 2.79. The Hall–Kier alpha value is -1.92. The van der Waals surface area contributed by atoms with Crippen LogP contribution < -0.4 is 44.3 Å². The fraction of sp³-hybridized carbons (Fsp3) is 0.105. The molecule has 3 rings (SSSR count). The number of carbonyl (C=O) groups is 1. The SMILES string of the molecule is COc1cc(NC(=O)c2cc3ccccc3cc2O)c(OC)cc1Cl.[Na+]. The number of phenolic OH excluding ortho intramolecular Hbond substituents is 1. The van der Waals surface area contributed by atoms with Gasteiger partial charge in [0, 0.05) is 12.1 Å². The summed E-state index contributed by atoms with van der Waals surface area (Å²) in [5.41, 5.74) is 0.552. The van der Waals surface area contributed by atoms with Crippen LogP contribution in [-0.4, -0.2) is 25.2 Å². The number of hydrogen-bond acceptors (Lipinski definition) is 4. The third-order valence-electron chi connectivity index (χ3n) is 3.83. The molecule has 0 aliphatic rings. The number of anilines is 1. The summed E-state index contributed by atoms with van der Waals surface area (Å²) in [5, 5.41) is 15.0. The summed E-state index contributed by atoms with van der Waals surface area (Å²) < 4.78 is 10.4. The molecule has 0 saturated heterocycles. The van der Waals surface area contributed by atoms with Crippen LogP contribution in [0.4, 0.5) is 5.69 Å². The van der Waals surface area contributed by atoms with Crippen molar-refractivity contribution < 1.29 is 48.9 Å². The number of fused-ring (bicyclic) bond motifs is 1. The summed E-state index contributed by atoms with van der Waals surface area (Å²) in [6.07, 6.45) is 0. The second-order valence-electron chi connectivity index (χ2n) is 5.36. The van der Waals surface area contributed by atoms with Gasteiger partial charge < -0.3 is 19.9 Å². The molecule has 0 unspecified atom stereocenters. The van der Waals surface area contributed by atoms with Gasteiger partial charge in [-0.15, -0.1) is 0 Å². The molecule has 3 aromatic carbocycles. The number of ether oxygens (including phenoxy) is 2. The van der Waals surface area contributed by atoms with Crippen LogP contribution >= 0.6 is 11.6 Å².